The zero-order valence-electron chi connectivity index (χ0n) is 10.1. The molecular formula is C12H19NO3. The van der Waals surface area contributed by atoms with Gasteiger partial charge in [0.2, 0.25) is 0 Å². The highest BCUT2D eigenvalue weighted by molar-refractivity contribution is 5.95. The van der Waals surface area contributed by atoms with Crippen molar-refractivity contribution < 1.29 is 14.3 Å². The van der Waals surface area contributed by atoms with Crippen LogP contribution in [0.15, 0.2) is 10.5 Å². The summed E-state index contributed by atoms with van der Waals surface area (Å²) >= 11 is 0. The first-order valence-corrected chi connectivity index (χ1v) is 5.57. The minimum absolute atomic E-state index is 0.0123. The molecule has 1 heterocycles. The molecule has 0 spiro atoms. The number of aliphatic hydroxyl groups excluding tert-OH is 1. The van der Waals surface area contributed by atoms with Crippen molar-refractivity contribution in [3.63, 3.8) is 0 Å². The minimum atomic E-state index is -0.0646. The van der Waals surface area contributed by atoms with E-state index in [1.807, 2.05) is 13.8 Å². The van der Waals surface area contributed by atoms with Crippen LogP contribution in [0.2, 0.25) is 0 Å². The van der Waals surface area contributed by atoms with Crippen molar-refractivity contribution in [2.45, 2.75) is 27.2 Å². The van der Waals surface area contributed by atoms with Gasteiger partial charge in [-0.1, -0.05) is 6.92 Å². The van der Waals surface area contributed by atoms with E-state index in [0.717, 1.165) is 12.2 Å². The van der Waals surface area contributed by atoms with Crippen molar-refractivity contribution in [2.24, 2.45) is 0 Å². The van der Waals surface area contributed by atoms with Crippen LogP contribution in [0.3, 0.4) is 0 Å². The van der Waals surface area contributed by atoms with Crippen molar-refractivity contribution in [2.75, 3.05) is 19.7 Å². The van der Waals surface area contributed by atoms with Crippen LogP contribution in [0.1, 0.15) is 35.2 Å². The summed E-state index contributed by atoms with van der Waals surface area (Å²) < 4.78 is 5.33. The number of aliphatic hydroxyl groups is 1. The molecule has 0 saturated heterocycles. The van der Waals surface area contributed by atoms with Crippen molar-refractivity contribution >= 4 is 5.91 Å². The van der Waals surface area contributed by atoms with Crippen LogP contribution in [0, 0.1) is 13.8 Å². The summed E-state index contributed by atoms with van der Waals surface area (Å²) in [4.78, 5) is 13.8. The highest BCUT2D eigenvalue weighted by Crippen LogP contribution is 2.16. The molecule has 1 amide bonds. The van der Waals surface area contributed by atoms with Crippen LogP contribution in [-0.2, 0) is 0 Å². The molecule has 0 unspecified atom stereocenters. The molecule has 90 valence electrons. The van der Waals surface area contributed by atoms with Gasteiger partial charge in [-0.25, -0.2) is 0 Å². The molecule has 0 saturated carbocycles. The SMILES string of the molecule is CCCN(CCO)C(=O)c1cc(C)oc1C. The molecule has 16 heavy (non-hydrogen) atoms. The van der Waals surface area contributed by atoms with Gasteiger partial charge >= 0.3 is 0 Å². The van der Waals surface area contributed by atoms with Crippen molar-refractivity contribution in [1.82, 2.24) is 4.90 Å². The Balaban J connectivity index is 2.85. The number of carbonyl (C=O) groups excluding carboxylic acids is 1. The van der Waals surface area contributed by atoms with Crippen molar-refractivity contribution in [1.29, 1.82) is 0 Å². The normalized spacial score (nSPS) is 10.5. The van der Waals surface area contributed by atoms with Gasteiger partial charge in [0.05, 0.1) is 12.2 Å². The molecule has 0 aliphatic rings. The summed E-state index contributed by atoms with van der Waals surface area (Å²) in [6, 6.07) is 1.75. The zero-order chi connectivity index (χ0) is 12.1. The number of carbonyl (C=O) groups is 1. The van der Waals surface area contributed by atoms with Gasteiger partial charge in [0.15, 0.2) is 0 Å². The molecular weight excluding hydrogens is 206 g/mol. The largest absolute Gasteiger partial charge is 0.466 e. The minimum Gasteiger partial charge on any atom is -0.466 e. The third kappa shape index (κ3) is 2.85. The van der Waals surface area contributed by atoms with Gasteiger partial charge < -0.3 is 14.4 Å². The monoisotopic (exact) mass is 225 g/mol. The van der Waals surface area contributed by atoms with E-state index in [1.54, 1.807) is 17.9 Å². The molecule has 0 aliphatic heterocycles. The number of furan rings is 1. The highest BCUT2D eigenvalue weighted by atomic mass is 16.3. The summed E-state index contributed by atoms with van der Waals surface area (Å²) in [7, 11) is 0. The van der Waals surface area contributed by atoms with Crippen LogP contribution in [0.25, 0.3) is 0 Å². The molecule has 1 aromatic rings. The Bertz CT molecular complexity index is 351. The van der Waals surface area contributed by atoms with Crippen LogP contribution in [-0.4, -0.2) is 35.6 Å². The molecule has 1 aromatic heterocycles. The quantitative estimate of drug-likeness (QED) is 0.830. The van der Waals surface area contributed by atoms with E-state index in [0.29, 0.717) is 24.4 Å². The van der Waals surface area contributed by atoms with Crippen LogP contribution in [0.4, 0.5) is 0 Å². The number of rotatable bonds is 5. The molecule has 1 rings (SSSR count). The fourth-order valence-corrected chi connectivity index (χ4v) is 1.72. The maximum atomic E-state index is 12.1. The van der Waals surface area contributed by atoms with E-state index in [-0.39, 0.29) is 12.5 Å². The smallest absolute Gasteiger partial charge is 0.257 e. The summed E-state index contributed by atoms with van der Waals surface area (Å²) in [6.07, 6.45) is 0.877. The van der Waals surface area contributed by atoms with E-state index in [2.05, 4.69) is 0 Å². The number of hydrogen-bond donors (Lipinski definition) is 1. The molecule has 4 nitrogen and oxygen atoms in total. The maximum absolute atomic E-state index is 12.1. The number of hydrogen-bond acceptors (Lipinski definition) is 3. The number of aryl methyl sites for hydroxylation is 2. The van der Waals surface area contributed by atoms with E-state index in [1.165, 1.54) is 0 Å². The topological polar surface area (TPSA) is 53.7 Å². The molecule has 0 fully saturated rings. The lowest BCUT2D eigenvalue weighted by Crippen LogP contribution is -2.34. The van der Waals surface area contributed by atoms with Gasteiger partial charge in [-0.2, -0.15) is 0 Å². The first-order chi connectivity index (χ1) is 7.60. The second-order valence-electron chi connectivity index (χ2n) is 3.84. The third-order valence-corrected chi connectivity index (χ3v) is 2.42. The second-order valence-corrected chi connectivity index (χ2v) is 3.84. The Morgan fingerprint density at radius 2 is 2.12 bits per heavy atom. The molecule has 0 atom stereocenters. The predicted octanol–water partition coefficient (Wildman–Crippen LogP) is 1.74. The molecule has 0 aromatic carbocycles. The predicted molar refractivity (Wildman–Crippen MR) is 61.5 cm³/mol. The Morgan fingerprint density at radius 1 is 1.44 bits per heavy atom. The van der Waals surface area contributed by atoms with Gasteiger partial charge in [-0.3, -0.25) is 4.79 Å². The third-order valence-electron chi connectivity index (χ3n) is 2.42. The van der Waals surface area contributed by atoms with E-state index in [4.69, 9.17) is 9.52 Å². The average Bonchev–Trinajstić information content (AvgIpc) is 2.56. The Morgan fingerprint density at radius 3 is 2.56 bits per heavy atom. The Hall–Kier alpha value is -1.29. The molecule has 0 bridgehead atoms. The lowest BCUT2D eigenvalue weighted by atomic mass is 10.2. The first kappa shape index (κ1) is 12.8. The molecule has 4 heteroatoms. The van der Waals surface area contributed by atoms with Crippen LogP contribution >= 0.6 is 0 Å². The summed E-state index contributed by atoms with van der Waals surface area (Å²) in [5.41, 5.74) is 0.597. The fraction of sp³-hybridized carbons (Fsp3) is 0.583. The Labute approximate surface area is 95.9 Å². The van der Waals surface area contributed by atoms with E-state index < -0.39 is 0 Å². The fourth-order valence-electron chi connectivity index (χ4n) is 1.72. The van der Waals surface area contributed by atoms with Crippen LogP contribution < -0.4 is 0 Å². The second kappa shape index (κ2) is 5.70. The zero-order valence-corrected chi connectivity index (χ0v) is 10.1. The van der Waals surface area contributed by atoms with Gasteiger partial charge in [-0.15, -0.1) is 0 Å². The summed E-state index contributed by atoms with van der Waals surface area (Å²) in [6.45, 7) is 6.62. The van der Waals surface area contributed by atoms with Gasteiger partial charge in [-0.05, 0) is 26.3 Å². The van der Waals surface area contributed by atoms with E-state index in [9.17, 15) is 4.79 Å². The number of amides is 1. The molecule has 1 N–H and O–H groups in total. The van der Waals surface area contributed by atoms with Gasteiger partial charge in [0, 0.05) is 13.1 Å². The first-order valence-electron chi connectivity index (χ1n) is 5.57. The highest BCUT2D eigenvalue weighted by Gasteiger charge is 2.19. The Kier molecular flexibility index (Phi) is 4.55. The summed E-state index contributed by atoms with van der Waals surface area (Å²) in [5.74, 6) is 1.31. The lowest BCUT2D eigenvalue weighted by molar-refractivity contribution is 0.0720. The molecule has 0 radical (unpaired) electrons. The summed E-state index contributed by atoms with van der Waals surface area (Å²) in [5, 5.41) is 8.92. The average molecular weight is 225 g/mol. The standard InChI is InChI=1S/C12H19NO3/c1-4-5-13(6-7-14)12(15)11-8-9(2)16-10(11)3/h8,14H,4-7H2,1-3H3. The maximum Gasteiger partial charge on any atom is 0.257 e. The molecule has 0 aliphatic carbocycles. The van der Waals surface area contributed by atoms with Crippen LogP contribution in [0.5, 0.6) is 0 Å². The van der Waals surface area contributed by atoms with Gasteiger partial charge in [0.1, 0.15) is 11.5 Å². The van der Waals surface area contributed by atoms with Gasteiger partial charge in [0.25, 0.3) is 5.91 Å². The van der Waals surface area contributed by atoms with E-state index >= 15 is 0 Å². The van der Waals surface area contributed by atoms with Crippen molar-refractivity contribution in [3.05, 3.63) is 23.2 Å². The number of nitrogens with zero attached hydrogens (tertiary/aromatic N) is 1. The lowest BCUT2D eigenvalue weighted by Gasteiger charge is -2.20. The van der Waals surface area contributed by atoms with Crippen molar-refractivity contribution in [3.8, 4) is 0 Å².